The number of carbonyl (C=O) groups excluding carboxylic acids is 1. The van der Waals surface area contributed by atoms with Crippen molar-refractivity contribution in [1.82, 2.24) is 24.8 Å². The van der Waals surface area contributed by atoms with Crippen molar-refractivity contribution in [1.29, 1.82) is 0 Å². The molecule has 0 fully saturated rings. The van der Waals surface area contributed by atoms with Crippen molar-refractivity contribution >= 4 is 5.91 Å². The van der Waals surface area contributed by atoms with Gasteiger partial charge in [-0.15, -0.1) is 0 Å². The Labute approximate surface area is 176 Å². The predicted octanol–water partition coefficient (Wildman–Crippen LogP) is 3.05. The van der Waals surface area contributed by atoms with Gasteiger partial charge in [-0.3, -0.25) is 4.79 Å². The van der Waals surface area contributed by atoms with Crippen LogP contribution in [0.15, 0.2) is 49.1 Å². The lowest BCUT2D eigenvalue weighted by Gasteiger charge is -2.14. The van der Waals surface area contributed by atoms with Crippen LogP contribution in [0.4, 0.5) is 0 Å². The van der Waals surface area contributed by atoms with E-state index < -0.39 is 0 Å². The Morgan fingerprint density at radius 1 is 1.20 bits per heavy atom. The van der Waals surface area contributed by atoms with Gasteiger partial charge in [0.05, 0.1) is 18.6 Å². The van der Waals surface area contributed by atoms with Crippen LogP contribution in [-0.2, 0) is 24.2 Å². The fourth-order valence-electron chi connectivity index (χ4n) is 3.85. The Kier molecular flexibility index (Phi) is 6.37. The highest BCUT2D eigenvalue weighted by molar-refractivity contribution is 5.78. The van der Waals surface area contributed by atoms with Crippen LogP contribution in [0.3, 0.4) is 0 Å². The number of carbonyl (C=O) groups is 1. The molecule has 1 unspecified atom stereocenters. The highest BCUT2D eigenvalue weighted by Gasteiger charge is 2.26. The zero-order chi connectivity index (χ0) is 20.8. The molecular weight excluding hydrogens is 378 g/mol. The number of benzene rings is 1. The Morgan fingerprint density at radius 3 is 2.80 bits per heavy atom. The number of rotatable bonds is 7. The van der Waals surface area contributed by atoms with E-state index in [-0.39, 0.29) is 11.8 Å². The van der Waals surface area contributed by atoms with Gasteiger partial charge in [0.2, 0.25) is 11.8 Å². The average Bonchev–Trinajstić information content (AvgIpc) is 3.19. The van der Waals surface area contributed by atoms with Gasteiger partial charge in [-0.2, -0.15) is 4.98 Å². The van der Waals surface area contributed by atoms with Gasteiger partial charge in [-0.25, -0.2) is 9.97 Å². The minimum absolute atomic E-state index is 0.0309. The van der Waals surface area contributed by atoms with Crippen LogP contribution < -0.4 is 10.1 Å². The molecule has 156 valence electrons. The molecule has 0 bridgehead atoms. The molecule has 1 N–H and O–H groups in total. The first-order chi connectivity index (χ1) is 14.7. The Hall–Kier alpha value is -3.22. The summed E-state index contributed by atoms with van der Waals surface area (Å²) in [6.07, 6.45) is 8.44. The molecule has 1 amide bonds. The zero-order valence-corrected chi connectivity index (χ0v) is 17.3. The summed E-state index contributed by atoms with van der Waals surface area (Å²) in [4.78, 5) is 26.3. The monoisotopic (exact) mass is 405 g/mol. The summed E-state index contributed by atoms with van der Waals surface area (Å²) in [7, 11) is 0. The van der Waals surface area contributed by atoms with Crippen LogP contribution in [0.5, 0.6) is 5.88 Å². The number of ether oxygens (including phenoxy) is 1. The first kappa shape index (κ1) is 20.1. The van der Waals surface area contributed by atoms with Crippen molar-refractivity contribution in [2.75, 3.05) is 13.2 Å². The maximum atomic E-state index is 12.7. The number of imidazole rings is 1. The maximum absolute atomic E-state index is 12.7. The van der Waals surface area contributed by atoms with Gasteiger partial charge in [0, 0.05) is 42.5 Å². The van der Waals surface area contributed by atoms with Crippen molar-refractivity contribution in [3.8, 4) is 17.3 Å². The first-order valence-electron chi connectivity index (χ1n) is 10.6. The molecule has 2 heterocycles. The largest absolute Gasteiger partial charge is 0.478 e. The fourth-order valence-corrected chi connectivity index (χ4v) is 3.85. The zero-order valence-electron chi connectivity index (χ0n) is 17.3. The molecule has 1 aromatic carbocycles. The standard InChI is InChI=1S/C23H27N5O2/c1-2-30-23-19-10-8-18(22(29)25-13-15-28-14-12-24-16-28)9-11-20(19)26-21(27-23)17-6-4-3-5-7-17/h3-7,12,14,16,18H,2,8-11,13,15H2,1H3,(H,25,29). The van der Waals surface area contributed by atoms with Crippen molar-refractivity contribution in [2.45, 2.75) is 39.2 Å². The van der Waals surface area contributed by atoms with E-state index in [0.29, 0.717) is 24.9 Å². The Morgan fingerprint density at radius 2 is 2.03 bits per heavy atom. The van der Waals surface area contributed by atoms with E-state index in [1.54, 1.807) is 12.5 Å². The first-order valence-corrected chi connectivity index (χ1v) is 10.6. The van der Waals surface area contributed by atoms with Crippen molar-refractivity contribution in [3.63, 3.8) is 0 Å². The van der Waals surface area contributed by atoms with E-state index in [0.717, 1.165) is 49.0 Å². The molecule has 7 nitrogen and oxygen atoms in total. The normalized spacial score (nSPS) is 15.8. The summed E-state index contributed by atoms with van der Waals surface area (Å²) >= 11 is 0. The second-order valence-corrected chi connectivity index (χ2v) is 7.44. The van der Waals surface area contributed by atoms with Crippen molar-refractivity contribution in [2.24, 2.45) is 5.92 Å². The maximum Gasteiger partial charge on any atom is 0.223 e. The van der Waals surface area contributed by atoms with E-state index in [4.69, 9.17) is 14.7 Å². The van der Waals surface area contributed by atoms with Crippen LogP contribution in [-0.4, -0.2) is 38.6 Å². The molecule has 1 aliphatic rings. The number of amides is 1. The second-order valence-electron chi connectivity index (χ2n) is 7.44. The smallest absolute Gasteiger partial charge is 0.223 e. The molecule has 1 atom stereocenters. The lowest BCUT2D eigenvalue weighted by molar-refractivity contribution is -0.125. The predicted molar refractivity (Wildman–Crippen MR) is 114 cm³/mol. The molecule has 4 rings (SSSR count). The van der Waals surface area contributed by atoms with Crippen molar-refractivity contribution < 1.29 is 9.53 Å². The van der Waals surface area contributed by atoms with Gasteiger partial charge < -0.3 is 14.6 Å². The fraction of sp³-hybridized carbons (Fsp3) is 0.391. The van der Waals surface area contributed by atoms with Crippen LogP contribution in [0.2, 0.25) is 0 Å². The number of aromatic nitrogens is 4. The highest BCUT2D eigenvalue weighted by atomic mass is 16.5. The second kappa shape index (κ2) is 9.52. The molecular formula is C23H27N5O2. The number of aryl methyl sites for hydroxylation is 1. The molecule has 0 radical (unpaired) electrons. The van der Waals surface area contributed by atoms with E-state index in [1.807, 2.05) is 48.0 Å². The molecule has 0 spiro atoms. The van der Waals surface area contributed by atoms with Crippen LogP contribution >= 0.6 is 0 Å². The lowest BCUT2D eigenvalue weighted by atomic mass is 9.99. The Balaban J connectivity index is 1.46. The third kappa shape index (κ3) is 4.67. The summed E-state index contributed by atoms with van der Waals surface area (Å²) in [5, 5.41) is 3.07. The summed E-state index contributed by atoms with van der Waals surface area (Å²) in [5.41, 5.74) is 3.02. The SMILES string of the molecule is CCOc1nc(-c2ccccc2)nc2c1CCC(C(=O)NCCn1ccnc1)CC2. The molecule has 0 saturated carbocycles. The van der Waals surface area contributed by atoms with Gasteiger partial charge in [-0.1, -0.05) is 30.3 Å². The third-order valence-electron chi connectivity index (χ3n) is 5.44. The van der Waals surface area contributed by atoms with Gasteiger partial charge in [0.25, 0.3) is 0 Å². The summed E-state index contributed by atoms with van der Waals surface area (Å²) in [5.74, 6) is 1.41. The molecule has 1 aliphatic carbocycles. The molecule has 30 heavy (non-hydrogen) atoms. The number of fused-ring (bicyclic) bond motifs is 1. The highest BCUT2D eigenvalue weighted by Crippen LogP contribution is 2.31. The average molecular weight is 406 g/mol. The van der Waals surface area contributed by atoms with Crippen LogP contribution in [0, 0.1) is 5.92 Å². The minimum Gasteiger partial charge on any atom is -0.478 e. The van der Waals surface area contributed by atoms with E-state index in [1.165, 1.54) is 0 Å². The van der Waals surface area contributed by atoms with Crippen molar-refractivity contribution in [3.05, 3.63) is 60.3 Å². The lowest BCUT2D eigenvalue weighted by Crippen LogP contribution is -2.33. The summed E-state index contributed by atoms with van der Waals surface area (Å²) < 4.78 is 7.82. The minimum atomic E-state index is -0.0309. The summed E-state index contributed by atoms with van der Waals surface area (Å²) in [6, 6.07) is 9.95. The quantitative estimate of drug-likeness (QED) is 0.611. The number of nitrogens with zero attached hydrogens (tertiary/aromatic N) is 4. The molecule has 0 aliphatic heterocycles. The third-order valence-corrected chi connectivity index (χ3v) is 5.44. The number of nitrogens with one attached hydrogen (secondary N) is 1. The summed E-state index contributed by atoms with van der Waals surface area (Å²) in [6.45, 7) is 3.83. The molecule has 7 heteroatoms. The van der Waals surface area contributed by atoms with E-state index in [9.17, 15) is 4.79 Å². The van der Waals surface area contributed by atoms with Gasteiger partial charge in [0.15, 0.2) is 5.82 Å². The Bertz CT molecular complexity index is 973. The topological polar surface area (TPSA) is 81.9 Å². The van der Waals surface area contributed by atoms with Crippen LogP contribution in [0.1, 0.15) is 31.0 Å². The van der Waals surface area contributed by atoms with Gasteiger partial charge >= 0.3 is 0 Å². The van der Waals surface area contributed by atoms with E-state index >= 15 is 0 Å². The number of hydrogen-bond acceptors (Lipinski definition) is 5. The molecule has 3 aromatic rings. The molecule has 0 saturated heterocycles. The number of hydrogen-bond donors (Lipinski definition) is 1. The van der Waals surface area contributed by atoms with Gasteiger partial charge in [0.1, 0.15) is 0 Å². The molecule has 2 aromatic heterocycles. The van der Waals surface area contributed by atoms with E-state index in [2.05, 4.69) is 10.3 Å². The van der Waals surface area contributed by atoms with Crippen LogP contribution in [0.25, 0.3) is 11.4 Å². The van der Waals surface area contributed by atoms with Gasteiger partial charge in [-0.05, 0) is 32.6 Å².